The Morgan fingerprint density at radius 1 is 1.21 bits per heavy atom. The van der Waals surface area contributed by atoms with Crippen LogP contribution in [0.25, 0.3) is 17.0 Å². The van der Waals surface area contributed by atoms with Crippen LogP contribution >= 0.6 is 0 Å². The molecule has 1 saturated carbocycles. The Morgan fingerprint density at radius 3 is 2.75 bits per heavy atom. The summed E-state index contributed by atoms with van der Waals surface area (Å²) in [5.41, 5.74) is 8.42. The van der Waals surface area contributed by atoms with E-state index < -0.39 is 0 Å². The highest BCUT2D eigenvalue weighted by Gasteiger charge is 2.27. The molecule has 0 aromatic carbocycles. The van der Waals surface area contributed by atoms with Crippen LogP contribution < -0.4 is 4.74 Å². The number of aliphatic imine (C=N–C) groups is 1. The van der Waals surface area contributed by atoms with E-state index in [1.54, 1.807) is 7.11 Å². The lowest BCUT2D eigenvalue weighted by molar-refractivity contribution is 0.413. The van der Waals surface area contributed by atoms with Crippen LogP contribution in [0.1, 0.15) is 64.5 Å². The van der Waals surface area contributed by atoms with E-state index in [0.29, 0.717) is 5.92 Å². The van der Waals surface area contributed by atoms with Crippen LogP contribution in [-0.2, 0) is 0 Å². The second-order valence-corrected chi connectivity index (χ2v) is 7.84. The minimum Gasteiger partial charge on any atom is -0.494 e. The summed E-state index contributed by atoms with van der Waals surface area (Å²) in [5.74, 6) is 1.36. The third-order valence-electron chi connectivity index (χ3n) is 6.02. The Hall–Kier alpha value is -2.49. The normalized spacial score (nSPS) is 19.1. The number of methoxy groups -OCH3 is 1. The molecule has 1 aliphatic carbocycles. The molecule has 0 radical (unpaired) electrons. The maximum atomic E-state index is 5.81. The van der Waals surface area contributed by atoms with E-state index in [4.69, 9.17) is 9.73 Å². The zero-order valence-electron chi connectivity index (χ0n) is 17.3. The summed E-state index contributed by atoms with van der Waals surface area (Å²) >= 11 is 0. The van der Waals surface area contributed by atoms with Gasteiger partial charge in [-0.3, -0.25) is 4.99 Å². The van der Waals surface area contributed by atoms with Gasteiger partial charge in [-0.05, 0) is 68.2 Å². The molecule has 0 spiro atoms. The first-order chi connectivity index (χ1) is 13.7. The van der Waals surface area contributed by atoms with Gasteiger partial charge in [0.05, 0.1) is 29.9 Å². The number of rotatable bonds is 7. The third-order valence-corrected chi connectivity index (χ3v) is 6.02. The Kier molecular flexibility index (Phi) is 5.56. The largest absolute Gasteiger partial charge is 0.494 e. The summed E-state index contributed by atoms with van der Waals surface area (Å²) < 4.78 is 5.81. The Bertz CT molecular complexity index is 888. The number of allylic oxidation sites excluding steroid dienone is 3. The Morgan fingerprint density at radius 2 is 2.07 bits per heavy atom. The smallest absolute Gasteiger partial charge is 0.144 e. The fourth-order valence-electron chi connectivity index (χ4n) is 4.56. The maximum absolute atomic E-state index is 5.81. The molecule has 0 bridgehead atoms. The third kappa shape index (κ3) is 3.48. The summed E-state index contributed by atoms with van der Waals surface area (Å²) in [6.07, 6.45) is 12.5. The van der Waals surface area contributed by atoms with Gasteiger partial charge in [-0.15, -0.1) is 0 Å². The van der Waals surface area contributed by atoms with Crippen LogP contribution in [0.4, 0.5) is 0 Å². The predicted molar refractivity (Wildman–Crippen MR) is 117 cm³/mol. The molecule has 4 nitrogen and oxygen atoms in total. The second-order valence-electron chi connectivity index (χ2n) is 7.84. The summed E-state index contributed by atoms with van der Waals surface area (Å²) in [4.78, 5) is 12.1. The monoisotopic (exact) mass is 377 g/mol. The predicted octanol–water partition coefficient (Wildman–Crippen LogP) is 6.51. The van der Waals surface area contributed by atoms with Gasteiger partial charge >= 0.3 is 0 Å². The van der Waals surface area contributed by atoms with Crippen molar-refractivity contribution in [3.05, 3.63) is 47.4 Å². The molecule has 0 saturated heterocycles. The zero-order chi connectivity index (χ0) is 19.5. The van der Waals surface area contributed by atoms with Gasteiger partial charge in [0.2, 0.25) is 0 Å². The lowest BCUT2D eigenvalue weighted by Gasteiger charge is -2.20. The van der Waals surface area contributed by atoms with E-state index >= 15 is 0 Å². The summed E-state index contributed by atoms with van der Waals surface area (Å²) in [6, 6.07) is 6.20. The minimum absolute atomic E-state index is 0.463. The van der Waals surface area contributed by atoms with Crippen LogP contribution in [0.3, 0.4) is 0 Å². The molecule has 1 unspecified atom stereocenters. The SMILES string of the molecule is CCCC(CC)C(=C1C=C2CCCCC2=N1)c1[nH]c(-c2ccc[nH]2)cc1OC. The van der Waals surface area contributed by atoms with E-state index in [0.717, 1.165) is 60.6 Å². The van der Waals surface area contributed by atoms with Gasteiger partial charge in [-0.2, -0.15) is 0 Å². The molecule has 0 amide bonds. The lowest BCUT2D eigenvalue weighted by atomic mass is 9.87. The topological polar surface area (TPSA) is 53.2 Å². The molecular formula is C24H31N3O. The zero-order valence-corrected chi connectivity index (χ0v) is 17.3. The van der Waals surface area contributed by atoms with Gasteiger partial charge in [-0.1, -0.05) is 20.3 Å². The molecule has 1 fully saturated rings. The van der Waals surface area contributed by atoms with Crippen molar-refractivity contribution >= 4 is 11.3 Å². The molecule has 2 aromatic rings. The number of aromatic nitrogens is 2. The molecule has 4 heteroatoms. The Balaban J connectivity index is 1.87. The number of hydrogen-bond donors (Lipinski definition) is 2. The number of H-pyrrole nitrogens is 2. The molecule has 4 rings (SSSR count). The molecule has 2 aromatic heterocycles. The standard InChI is InChI=1S/C24H31N3O/c1-4-9-16(5-2)23(21-14-17-10-6-7-11-18(17)26-21)24-22(28-3)15-20(27-24)19-12-8-13-25-19/h8,12-16,25,27H,4-7,9-11H2,1-3H3. The molecule has 3 heterocycles. The number of ether oxygens (including phenoxy) is 1. The quantitative estimate of drug-likeness (QED) is 0.567. The number of hydrogen-bond acceptors (Lipinski definition) is 2. The van der Waals surface area contributed by atoms with E-state index in [9.17, 15) is 0 Å². The molecule has 2 N–H and O–H groups in total. The highest BCUT2D eigenvalue weighted by Crippen LogP contribution is 2.42. The van der Waals surface area contributed by atoms with Crippen molar-refractivity contribution < 1.29 is 4.74 Å². The van der Waals surface area contributed by atoms with E-state index in [1.807, 2.05) is 12.3 Å². The highest BCUT2D eigenvalue weighted by molar-refractivity contribution is 6.05. The molecular weight excluding hydrogens is 346 g/mol. The van der Waals surface area contributed by atoms with Crippen molar-refractivity contribution in [3.8, 4) is 17.1 Å². The van der Waals surface area contributed by atoms with Crippen LogP contribution in [0.15, 0.2) is 46.7 Å². The Labute approximate surface area is 167 Å². The van der Waals surface area contributed by atoms with Crippen molar-refractivity contribution in [1.29, 1.82) is 0 Å². The van der Waals surface area contributed by atoms with E-state index in [1.165, 1.54) is 29.7 Å². The van der Waals surface area contributed by atoms with E-state index in [-0.39, 0.29) is 0 Å². The minimum atomic E-state index is 0.463. The van der Waals surface area contributed by atoms with Gasteiger partial charge in [0.25, 0.3) is 0 Å². The maximum Gasteiger partial charge on any atom is 0.144 e. The molecule has 28 heavy (non-hydrogen) atoms. The van der Waals surface area contributed by atoms with Crippen molar-refractivity contribution in [1.82, 2.24) is 9.97 Å². The average molecular weight is 378 g/mol. The van der Waals surface area contributed by atoms with Crippen LogP contribution in [0, 0.1) is 5.92 Å². The van der Waals surface area contributed by atoms with Gasteiger partial charge in [0.1, 0.15) is 5.75 Å². The molecule has 2 aliphatic rings. The van der Waals surface area contributed by atoms with Gasteiger partial charge in [0, 0.05) is 23.5 Å². The van der Waals surface area contributed by atoms with Crippen LogP contribution in [-0.4, -0.2) is 22.8 Å². The summed E-state index contributed by atoms with van der Waals surface area (Å²) in [7, 11) is 1.76. The number of fused-ring (bicyclic) bond motifs is 1. The first kappa shape index (κ1) is 18.9. The van der Waals surface area contributed by atoms with Gasteiger partial charge in [-0.25, -0.2) is 0 Å². The highest BCUT2D eigenvalue weighted by atomic mass is 16.5. The van der Waals surface area contributed by atoms with E-state index in [2.05, 4.69) is 42.0 Å². The van der Waals surface area contributed by atoms with Crippen molar-refractivity contribution in [2.24, 2.45) is 10.9 Å². The molecule has 148 valence electrons. The molecule has 1 atom stereocenters. The fraction of sp³-hybridized carbons (Fsp3) is 0.458. The van der Waals surface area contributed by atoms with Crippen LogP contribution in [0.5, 0.6) is 5.75 Å². The van der Waals surface area contributed by atoms with Crippen molar-refractivity contribution in [3.63, 3.8) is 0 Å². The summed E-state index contributed by atoms with van der Waals surface area (Å²) in [6.45, 7) is 4.55. The number of aromatic amines is 2. The molecule has 1 aliphatic heterocycles. The lowest BCUT2D eigenvalue weighted by Crippen LogP contribution is -2.06. The van der Waals surface area contributed by atoms with Gasteiger partial charge in [0.15, 0.2) is 0 Å². The van der Waals surface area contributed by atoms with Crippen molar-refractivity contribution in [2.75, 3.05) is 7.11 Å². The number of nitrogens with one attached hydrogen (secondary N) is 2. The average Bonchev–Trinajstić information content (AvgIpc) is 3.45. The first-order valence-electron chi connectivity index (χ1n) is 10.7. The van der Waals surface area contributed by atoms with Gasteiger partial charge < -0.3 is 14.7 Å². The first-order valence-corrected chi connectivity index (χ1v) is 10.7. The van der Waals surface area contributed by atoms with Crippen LogP contribution in [0.2, 0.25) is 0 Å². The fourth-order valence-corrected chi connectivity index (χ4v) is 4.56. The summed E-state index contributed by atoms with van der Waals surface area (Å²) in [5, 5.41) is 0. The second kappa shape index (κ2) is 8.26. The number of nitrogens with zero attached hydrogens (tertiary/aromatic N) is 1. The van der Waals surface area contributed by atoms with Crippen molar-refractivity contribution in [2.45, 2.75) is 58.8 Å².